The molecule has 0 aromatic heterocycles. The molecule has 0 bridgehead atoms. The van der Waals surface area contributed by atoms with Crippen LogP contribution in [0.5, 0.6) is 0 Å². The van der Waals surface area contributed by atoms with Gasteiger partial charge in [-0.05, 0) is 62.9 Å². The second-order valence-corrected chi connectivity index (χ2v) is 11.0. The van der Waals surface area contributed by atoms with Crippen molar-refractivity contribution in [2.24, 2.45) is 0 Å². The van der Waals surface area contributed by atoms with Crippen LogP contribution in [0.3, 0.4) is 0 Å². The fraction of sp³-hybridized carbons (Fsp3) is 0.440. The highest BCUT2D eigenvalue weighted by molar-refractivity contribution is 7.92. The maximum Gasteiger partial charge on any atom is 0.244 e. The third kappa shape index (κ3) is 7.21. The zero-order chi connectivity index (χ0) is 25.6. The van der Waals surface area contributed by atoms with Crippen molar-refractivity contribution in [3.8, 4) is 0 Å². The number of halogens is 1. The third-order valence-corrected chi connectivity index (χ3v) is 7.13. The Morgan fingerprint density at radius 2 is 1.65 bits per heavy atom. The number of anilines is 1. The zero-order valence-electron chi connectivity index (χ0n) is 20.6. The van der Waals surface area contributed by atoms with Gasteiger partial charge in [-0.3, -0.25) is 13.9 Å². The van der Waals surface area contributed by atoms with Crippen molar-refractivity contribution in [1.29, 1.82) is 0 Å². The Kier molecular flexibility index (Phi) is 9.53. The first-order chi connectivity index (χ1) is 15.8. The summed E-state index contributed by atoms with van der Waals surface area (Å²) in [6, 6.07) is 11.6. The Hall–Kier alpha value is -2.58. The third-order valence-electron chi connectivity index (χ3n) is 5.78. The number of para-hydroxylation sites is 1. The lowest BCUT2D eigenvalue weighted by Crippen LogP contribution is -2.52. The quantitative estimate of drug-likeness (QED) is 0.525. The molecule has 2 aromatic carbocycles. The average molecular weight is 508 g/mol. The maximum atomic E-state index is 13.6. The van der Waals surface area contributed by atoms with Crippen LogP contribution in [0.2, 0.25) is 5.02 Å². The molecule has 0 fully saturated rings. The Bertz CT molecular complexity index is 1120. The summed E-state index contributed by atoms with van der Waals surface area (Å²) in [7, 11) is -3.78. The van der Waals surface area contributed by atoms with E-state index in [0.29, 0.717) is 10.7 Å². The standard InChI is InChI=1S/C25H34ClN3O4S/c1-7-19(4)27-25(31)20(5)28(15-21-12-9-13-22(26)14-21)23(30)16-29(34(6,32)33)24-17(2)10-8-11-18(24)3/h8-14,19-20H,7,15-16H2,1-6H3,(H,27,31)/t19-,20+/m0/s1. The Morgan fingerprint density at radius 1 is 1.06 bits per heavy atom. The summed E-state index contributed by atoms with van der Waals surface area (Å²) in [5.74, 6) is -0.789. The number of amides is 2. The maximum absolute atomic E-state index is 13.6. The minimum atomic E-state index is -3.78. The Balaban J connectivity index is 2.45. The van der Waals surface area contributed by atoms with E-state index in [1.807, 2.05) is 26.0 Å². The van der Waals surface area contributed by atoms with Crippen LogP contribution in [-0.4, -0.2) is 50.0 Å². The first kappa shape index (κ1) is 27.7. The molecule has 2 aromatic rings. The van der Waals surface area contributed by atoms with Gasteiger partial charge in [0.1, 0.15) is 12.6 Å². The summed E-state index contributed by atoms with van der Waals surface area (Å²) in [6.07, 6.45) is 1.82. The number of carbonyl (C=O) groups is 2. The van der Waals surface area contributed by atoms with Crippen molar-refractivity contribution >= 4 is 39.1 Å². The normalized spacial score (nSPS) is 13.1. The summed E-state index contributed by atoms with van der Waals surface area (Å²) in [5.41, 5.74) is 2.68. The van der Waals surface area contributed by atoms with Crippen molar-refractivity contribution < 1.29 is 18.0 Å². The topological polar surface area (TPSA) is 86.8 Å². The SMILES string of the molecule is CC[C@H](C)NC(=O)[C@@H](C)N(Cc1cccc(Cl)c1)C(=O)CN(c1c(C)cccc1C)S(C)(=O)=O. The molecule has 0 radical (unpaired) electrons. The van der Waals surface area contributed by atoms with Gasteiger partial charge < -0.3 is 10.2 Å². The first-order valence-electron chi connectivity index (χ1n) is 11.2. The molecule has 7 nitrogen and oxygen atoms in total. The number of nitrogens with one attached hydrogen (secondary N) is 1. The minimum Gasteiger partial charge on any atom is -0.352 e. The number of hydrogen-bond donors (Lipinski definition) is 1. The zero-order valence-corrected chi connectivity index (χ0v) is 22.2. The number of hydrogen-bond acceptors (Lipinski definition) is 4. The van der Waals surface area contributed by atoms with Crippen LogP contribution in [0.1, 0.15) is 43.9 Å². The minimum absolute atomic E-state index is 0.0554. The molecule has 0 unspecified atom stereocenters. The fourth-order valence-corrected chi connectivity index (χ4v) is 4.83. The van der Waals surface area contributed by atoms with E-state index in [1.54, 1.807) is 51.1 Å². The largest absolute Gasteiger partial charge is 0.352 e. The lowest BCUT2D eigenvalue weighted by molar-refractivity contribution is -0.139. The van der Waals surface area contributed by atoms with Crippen LogP contribution in [-0.2, 0) is 26.2 Å². The van der Waals surface area contributed by atoms with Crippen molar-refractivity contribution in [2.75, 3.05) is 17.1 Å². The van der Waals surface area contributed by atoms with Gasteiger partial charge in [-0.1, -0.05) is 48.9 Å². The van der Waals surface area contributed by atoms with E-state index < -0.39 is 28.5 Å². The van der Waals surface area contributed by atoms with Crippen LogP contribution < -0.4 is 9.62 Å². The number of sulfonamides is 1. The lowest BCUT2D eigenvalue weighted by Gasteiger charge is -2.32. The Morgan fingerprint density at radius 3 is 2.18 bits per heavy atom. The van der Waals surface area contributed by atoms with E-state index in [4.69, 9.17) is 11.6 Å². The molecule has 2 amide bonds. The van der Waals surface area contributed by atoms with Gasteiger partial charge in [-0.2, -0.15) is 0 Å². The molecule has 34 heavy (non-hydrogen) atoms. The predicted molar refractivity (Wildman–Crippen MR) is 137 cm³/mol. The van der Waals surface area contributed by atoms with Crippen LogP contribution in [0, 0.1) is 13.8 Å². The Labute approximate surface area is 208 Å². The van der Waals surface area contributed by atoms with E-state index in [0.717, 1.165) is 33.7 Å². The molecular formula is C25H34ClN3O4S. The van der Waals surface area contributed by atoms with Crippen LogP contribution in [0.4, 0.5) is 5.69 Å². The van der Waals surface area contributed by atoms with Crippen molar-refractivity contribution in [1.82, 2.24) is 10.2 Å². The summed E-state index contributed by atoms with van der Waals surface area (Å²) in [6.45, 7) is 8.78. The summed E-state index contributed by atoms with van der Waals surface area (Å²) < 4.78 is 26.6. The van der Waals surface area contributed by atoms with Gasteiger partial charge >= 0.3 is 0 Å². The highest BCUT2D eigenvalue weighted by Gasteiger charge is 2.31. The molecule has 2 rings (SSSR count). The second kappa shape index (κ2) is 11.7. The molecule has 0 aliphatic heterocycles. The van der Waals surface area contributed by atoms with Gasteiger partial charge in [0, 0.05) is 17.6 Å². The van der Waals surface area contributed by atoms with Crippen molar-refractivity contribution in [2.45, 2.75) is 59.7 Å². The molecule has 0 spiro atoms. The fourth-order valence-electron chi connectivity index (χ4n) is 3.66. The van der Waals surface area contributed by atoms with Gasteiger partial charge in [0.25, 0.3) is 0 Å². The molecule has 0 heterocycles. The average Bonchev–Trinajstić information content (AvgIpc) is 2.75. The monoisotopic (exact) mass is 507 g/mol. The summed E-state index contributed by atoms with van der Waals surface area (Å²) in [5, 5.41) is 3.41. The van der Waals surface area contributed by atoms with E-state index in [-0.39, 0.29) is 18.5 Å². The number of nitrogens with zero attached hydrogens (tertiary/aromatic N) is 2. The second-order valence-electron chi connectivity index (χ2n) is 8.66. The van der Waals surface area contributed by atoms with E-state index >= 15 is 0 Å². The first-order valence-corrected chi connectivity index (χ1v) is 13.5. The number of benzene rings is 2. The van der Waals surface area contributed by atoms with Crippen LogP contribution >= 0.6 is 11.6 Å². The summed E-state index contributed by atoms with van der Waals surface area (Å²) >= 11 is 6.13. The predicted octanol–water partition coefficient (Wildman–Crippen LogP) is 4.05. The molecule has 0 saturated carbocycles. The van der Waals surface area contributed by atoms with Gasteiger partial charge in [0.2, 0.25) is 21.8 Å². The van der Waals surface area contributed by atoms with E-state index in [9.17, 15) is 18.0 Å². The van der Waals surface area contributed by atoms with Crippen LogP contribution in [0.15, 0.2) is 42.5 Å². The molecule has 0 saturated heterocycles. The van der Waals surface area contributed by atoms with Gasteiger partial charge in [-0.15, -0.1) is 0 Å². The summed E-state index contributed by atoms with van der Waals surface area (Å²) in [4.78, 5) is 27.9. The molecule has 0 aliphatic carbocycles. The number of carbonyl (C=O) groups excluding carboxylic acids is 2. The molecule has 9 heteroatoms. The van der Waals surface area contributed by atoms with Crippen molar-refractivity contribution in [3.05, 3.63) is 64.2 Å². The lowest BCUT2D eigenvalue weighted by atomic mass is 10.1. The highest BCUT2D eigenvalue weighted by Crippen LogP contribution is 2.27. The highest BCUT2D eigenvalue weighted by atomic mass is 35.5. The number of aryl methyl sites for hydroxylation is 2. The number of rotatable bonds is 10. The molecule has 1 N–H and O–H groups in total. The van der Waals surface area contributed by atoms with E-state index in [2.05, 4.69) is 5.32 Å². The molecule has 0 aliphatic rings. The van der Waals surface area contributed by atoms with Gasteiger partial charge in [0.05, 0.1) is 11.9 Å². The molecule has 2 atom stereocenters. The molecule has 186 valence electrons. The smallest absolute Gasteiger partial charge is 0.244 e. The van der Waals surface area contributed by atoms with Gasteiger partial charge in [0.15, 0.2) is 0 Å². The van der Waals surface area contributed by atoms with Gasteiger partial charge in [-0.25, -0.2) is 8.42 Å². The van der Waals surface area contributed by atoms with Crippen molar-refractivity contribution in [3.63, 3.8) is 0 Å². The molecular weight excluding hydrogens is 474 g/mol. The van der Waals surface area contributed by atoms with Crippen LogP contribution in [0.25, 0.3) is 0 Å². The van der Waals surface area contributed by atoms with E-state index in [1.165, 1.54) is 4.90 Å².